The molecule has 1 aromatic carbocycles. The van der Waals surface area contributed by atoms with Crippen LogP contribution in [0, 0.1) is 12.7 Å². The van der Waals surface area contributed by atoms with Crippen LogP contribution in [0.4, 0.5) is 4.39 Å². The first kappa shape index (κ1) is 10.2. The summed E-state index contributed by atoms with van der Waals surface area (Å²) in [6, 6.07) is 5.20. The molecule has 0 radical (unpaired) electrons. The molecule has 0 spiro atoms. The zero-order valence-electron chi connectivity index (χ0n) is 9.61. The van der Waals surface area contributed by atoms with E-state index >= 15 is 0 Å². The topological polar surface area (TPSA) is 15.8 Å². The summed E-state index contributed by atoms with van der Waals surface area (Å²) in [7, 11) is 0. The van der Waals surface area contributed by atoms with Crippen molar-refractivity contribution in [1.82, 2.24) is 4.98 Å². The van der Waals surface area contributed by atoms with E-state index in [2.05, 4.69) is 25.8 Å². The number of aromatic amines is 1. The Morgan fingerprint density at radius 1 is 1.20 bits per heavy atom. The summed E-state index contributed by atoms with van der Waals surface area (Å²) in [5, 5.41) is 0.986. The van der Waals surface area contributed by atoms with E-state index in [4.69, 9.17) is 0 Å². The molecular weight excluding hydrogens is 189 g/mol. The third-order valence-corrected chi connectivity index (χ3v) is 2.79. The minimum Gasteiger partial charge on any atom is -0.355 e. The molecule has 2 aromatic rings. The average molecular weight is 205 g/mol. The van der Waals surface area contributed by atoms with Gasteiger partial charge >= 0.3 is 0 Å². The van der Waals surface area contributed by atoms with Gasteiger partial charge in [0, 0.05) is 16.5 Å². The van der Waals surface area contributed by atoms with E-state index in [0.717, 1.165) is 16.6 Å². The highest BCUT2D eigenvalue weighted by Gasteiger charge is 2.20. The molecule has 0 atom stereocenters. The summed E-state index contributed by atoms with van der Waals surface area (Å²) in [6.07, 6.45) is 0. The Balaban J connectivity index is 2.81. The van der Waals surface area contributed by atoms with Crippen molar-refractivity contribution in [3.05, 3.63) is 35.3 Å². The second-order valence-corrected chi connectivity index (χ2v) is 5.04. The number of halogens is 1. The Morgan fingerprint density at radius 3 is 2.40 bits per heavy atom. The summed E-state index contributed by atoms with van der Waals surface area (Å²) in [4.78, 5) is 3.20. The van der Waals surface area contributed by atoms with E-state index in [1.807, 2.05) is 13.0 Å². The smallest absolute Gasteiger partial charge is 0.147 e. The summed E-state index contributed by atoms with van der Waals surface area (Å²) in [5.74, 6) is -0.175. The lowest BCUT2D eigenvalue weighted by molar-refractivity contribution is 0.569. The van der Waals surface area contributed by atoms with Crippen molar-refractivity contribution in [2.75, 3.05) is 0 Å². The first-order chi connectivity index (χ1) is 6.91. The highest BCUT2D eigenvalue weighted by molar-refractivity contribution is 5.85. The van der Waals surface area contributed by atoms with Gasteiger partial charge in [-0.3, -0.25) is 0 Å². The van der Waals surface area contributed by atoms with Crippen molar-refractivity contribution in [3.63, 3.8) is 0 Å². The van der Waals surface area contributed by atoms with Crippen LogP contribution in [-0.2, 0) is 5.41 Å². The first-order valence-corrected chi connectivity index (χ1v) is 5.18. The third kappa shape index (κ3) is 1.54. The molecule has 2 rings (SSSR count). The Kier molecular flexibility index (Phi) is 2.10. The predicted molar refractivity (Wildman–Crippen MR) is 61.7 cm³/mol. The molecule has 0 saturated heterocycles. The van der Waals surface area contributed by atoms with E-state index in [-0.39, 0.29) is 11.2 Å². The maximum absolute atomic E-state index is 13.5. The molecule has 0 aliphatic heterocycles. The van der Waals surface area contributed by atoms with Gasteiger partial charge in [-0.25, -0.2) is 4.39 Å². The van der Waals surface area contributed by atoms with Gasteiger partial charge in [-0.05, 0) is 18.6 Å². The Bertz CT molecular complexity index is 503. The van der Waals surface area contributed by atoms with E-state index in [0.29, 0.717) is 5.52 Å². The van der Waals surface area contributed by atoms with E-state index in [9.17, 15) is 4.39 Å². The quantitative estimate of drug-likeness (QED) is 0.671. The number of hydrogen-bond donors (Lipinski definition) is 1. The maximum atomic E-state index is 13.5. The number of benzene rings is 1. The zero-order valence-corrected chi connectivity index (χ0v) is 9.61. The van der Waals surface area contributed by atoms with Gasteiger partial charge in [0.1, 0.15) is 5.82 Å². The van der Waals surface area contributed by atoms with Crippen LogP contribution in [0.2, 0.25) is 0 Å². The molecule has 0 fully saturated rings. The van der Waals surface area contributed by atoms with Crippen molar-refractivity contribution >= 4 is 10.9 Å². The molecule has 0 amide bonds. The fourth-order valence-corrected chi connectivity index (χ4v) is 2.07. The van der Waals surface area contributed by atoms with Gasteiger partial charge < -0.3 is 4.98 Å². The van der Waals surface area contributed by atoms with Crippen LogP contribution in [0.1, 0.15) is 32.0 Å². The van der Waals surface area contributed by atoms with Crippen LogP contribution < -0.4 is 0 Å². The van der Waals surface area contributed by atoms with E-state index in [1.54, 1.807) is 6.07 Å². The van der Waals surface area contributed by atoms with Crippen molar-refractivity contribution in [2.24, 2.45) is 0 Å². The van der Waals surface area contributed by atoms with E-state index < -0.39 is 0 Å². The molecule has 1 nitrogen and oxygen atoms in total. The summed E-state index contributed by atoms with van der Waals surface area (Å²) in [5.41, 5.74) is 2.91. The normalized spacial score (nSPS) is 12.3. The molecule has 0 aliphatic carbocycles. The van der Waals surface area contributed by atoms with Gasteiger partial charge in [-0.15, -0.1) is 0 Å². The fraction of sp³-hybridized carbons (Fsp3) is 0.385. The number of hydrogen-bond acceptors (Lipinski definition) is 0. The van der Waals surface area contributed by atoms with Crippen molar-refractivity contribution in [2.45, 2.75) is 33.1 Å². The van der Waals surface area contributed by atoms with Crippen molar-refractivity contribution in [1.29, 1.82) is 0 Å². The summed E-state index contributed by atoms with van der Waals surface area (Å²) in [6.45, 7) is 8.42. The summed E-state index contributed by atoms with van der Waals surface area (Å²) < 4.78 is 13.5. The molecule has 0 unspecified atom stereocenters. The second kappa shape index (κ2) is 3.09. The van der Waals surface area contributed by atoms with Crippen LogP contribution in [0.15, 0.2) is 18.2 Å². The lowest BCUT2D eigenvalue weighted by Crippen LogP contribution is -2.12. The Morgan fingerprint density at radius 2 is 1.87 bits per heavy atom. The molecule has 0 bridgehead atoms. The van der Waals surface area contributed by atoms with Gasteiger partial charge in [-0.2, -0.15) is 0 Å². The van der Waals surface area contributed by atoms with Crippen LogP contribution in [0.3, 0.4) is 0 Å². The second-order valence-electron chi connectivity index (χ2n) is 5.04. The Labute approximate surface area is 89.3 Å². The number of H-pyrrole nitrogens is 1. The third-order valence-electron chi connectivity index (χ3n) is 2.79. The number of para-hydroxylation sites is 1. The van der Waals surface area contributed by atoms with Gasteiger partial charge in [0.2, 0.25) is 0 Å². The van der Waals surface area contributed by atoms with Crippen LogP contribution >= 0.6 is 0 Å². The summed E-state index contributed by atoms with van der Waals surface area (Å²) >= 11 is 0. The molecule has 2 heteroatoms. The van der Waals surface area contributed by atoms with E-state index in [1.165, 1.54) is 6.07 Å². The number of fused-ring (bicyclic) bond motifs is 1. The Hall–Kier alpha value is -1.31. The van der Waals surface area contributed by atoms with Gasteiger partial charge in [0.15, 0.2) is 0 Å². The highest BCUT2D eigenvalue weighted by atomic mass is 19.1. The SMILES string of the molecule is Cc1c(C(C)(C)C)[nH]c2c(F)cccc12. The number of aromatic nitrogens is 1. The predicted octanol–water partition coefficient (Wildman–Crippen LogP) is 3.91. The number of nitrogens with one attached hydrogen (secondary N) is 1. The molecule has 1 heterocycles. The largest absolute Gasteiger partial charge is 0.355 e. The van der Waals surface area contributed by atoms with Crippen molar-refractivity contribution in [3.8, 4) is 0 Å². The highest BCUT2D eigenvalue weighted by Crippen LogP contribution is 2.31. The minimum atomic E-state index is -0.175. The molecular formula is C13H16FN. The maximum Gasteiger partial charge on any atom is 0.147 e. The van der Waals surface area contributed by atoms with Gasteiger partial charge in [-0.1, -0.05) is 32.9 Å². The molecule has 80 valence electrons. The first-order valence-electron chi connectivity index (χ1n) is 5.18. The van der Waals surface area contributed by atoms with Crippen LogP contribution in [0.5, 0.6) is 0 Å². The van der Waals surface area contributed by atoms with Crippen molar-refractivity contribution < 1.29 is 4.39 Å². The lowest BCUT2D eigenvalue weighted by Gasteiger charge is -2.17. The fourth-order valence-electron chi connectivity index (χ4n) is 2.07. The number of aryl methyl sites for hydroxylation is 1. The van der Waals surface area contributed by atoms with Gasteiger partial charge in [0.05, 0.1) is 5.52 Å². The minimum absolute atomic E-state index is 0.0234. The number of rotatable bonds is 0. The average Bonchev–Trinajstić information content (AvgIpc) is 2.45. The molecule has 0 aliphatic rings. The van der Waals surface area contributed by atoms with Crippen LogP contribution in [-0.4, -0.2) is 4.98 Å². The molecule has 0 saturated carbocycles. The zero-order chi connectivity index (χ0) is 11.2. The van der Waals surface area contributed by atoms with Gasteiger partial charge in [0.25, 0.3) is 0 Å². The lowest BCUT2D eigenvalue weighted by atomic mass is 9.89. The monoisotopic (exact) mass is 205 g/mol. The molecule has 1 N–H and O–H groups in total. The molecule has 15 heavy (non-hydrogen) atoms. The standard InChI is InChI=1S/C13H16FN/c1-8-9-6-5-7-10(14)11(9)15-12(8)13(2,3)4/h5-7,15H,1-4H3. The molecule has 1 aromatic heterocycles. The van der Waals surface area contributed by atoms with Crippen LogP contribution in [0.25, 0.3) is 10.9 Å².